The standard InChI is InChI=1S/C14H19N3O4/c1-16(9-11-4-3-7-15-11)12-6-5-10(14(18)21-2)8-13(12)17(19)20/h5-6,8,11,15H,3-4,7,9H2,1-2H3. The number of methoxy groups -OCH3 is 1. The maximum Gasteiger partial charge on any atom is 0.338 e. The van der Waals surface area contributed by atoms with Crippen molar-refractivity contribution in [1.29, 1.82) is 0 Å². The summed E-state index contributed by atoms with van der Waals surface area (Å²) < 4.78 is 4.59. The first kappa shape index (κ1) is 15.2. The van der Waals surface area contributed by atoms with Gasteiger partial charge >= 0.3 is 5.97 Å². The number of likely N-dealkylation sites (N-methyl/N-ethyl adjacent to an activating group) is 1. The number of nitrogens with one attached hydrogen (secondary N) is 1. The Hall–Kier alpha value is -2.15. The number of benzene rings is 1. The molecule has 0 amide bonds. The number of hydrogen-bond acceptors (Lipinski definition) is 6. The molecule has 114 valence electrons. The molecule has 1 saturated heterocycles. The van der Waals surface area contributed by atoms with Crippen LogP contribution in [0.15, 0.2) is 18.2 Å². The van der Waals surface area contributed by atoms with E-state index in [0.29, 0.717) is 18.3 Å². The summed E-state index contributed by atoms with van der Waals surface area (Å²) in [7, 11) is 3.07. The predicted octanol–water partition coefficient (Wildman–Crippen LogP) is 1.57. The molecule has 1 aromatic rings. The number of hydrogen-bond donors (Lipinski definition) is 1. The van der Waals surface area contributed by atoms with Crippen molar-refractivity contribution in [2.75, 3.05) is 32.1 Å². The third-order valence-corrected chi connectivity index (χ3v) is 3.66. The molecule has 0 spiro atoms. The molecular formula is C14H19N3O4. The molecule has 0 aromatic heterocycles. The molecule has 2 rings (SSSR count). The highest BCUT2D eigenvalue weighted by Crippen LogP contribution is 2.29. The molecule has 1 atom stereocenters. The third-order valence-electron chi connectivity index (χ3n) is 3.66. The molecule has 1 aliphatic heterocycles. The van der Waals surface area contributed by atoms with Gasteiger partial charge in [-0.2, -0.15) is 0 Å². The number of esters is 1. The number of ether oxygens (including phenoxy) is 1. The second kappa shape index (κ2) is 6.53. The molecule has 1 aromatic carbocycles. The lowest BCUT2D eigenvalue weighted by atomic mass is 10.1. The van der Waals surface area contributed by atoms with Crippen molar-refractivity contribution in [3.05, 3.63) is 33.9 Å². The third kappa shape index (κ3) is 3.49. The van der Waals surface area contributed by atoms with E-state index in [9.17, 15) is 14.9 Å². The number of nitrogens with zero attached hydrogens (tertiary/aromatic N) is 2. The van der Waals surface area contributed by atoms with Crippen molar-refractivity contribution in [2.24, 2.45) is 0 Å². The van der Waals surface area contributed by atoms with E-state index in [0.717, 1.165) is 19.4 Å². The zero-order chi connectivity index (χ0) is 15.4. The number of nitro groups is 1. The fourth-order valence-electron chi connectivity index (χ4n) is 2.58. The zero-order valence-corrected chi connectivity index (χ0v) is 12.2. The summed E-state index contributed by atoms with van der Waals surface area (Å²) in [5.41, 5.74) is 0.597. The number of nitro benzene ring substituents is 1. The van der Waals surface area contributed by atoms with E-state index >= 15 is 0 Å². The largest absolute Gasteiger partial charge is 0.465 e. The fourth-order valence-corrected chi connectivity index (χ4v) is 2.58. The first-order chi connectivity index (χ1) is 10.0. The van der Waals surface area contributed by atoms with Crippen molar-refractivity contribution in [2.45, 2.75) is 18.9 Å². The quantitative estimate of drug-likeness (QED) is 0.504. The summed E-state index contributed by atoms with van der Waals surface area (Å²) in [5.74, 6) is -0.579. The fraction of sp³-hybridized carbons (Fsp3) is 0.500. The zero-order valence-electron chi connectivity index (χ0n) is 12.2. The lowest BCUT2D eigenvalue weighted by Crippen LogP contribution is -2.35. The van der Waals surface area contributed by atoms with E-state index in [1.165, 1.54) is 13.2 Å². The van der Waals surface area contributed by atoms with Crippen LogP contribution in [0.2, 0.25) is 0 Å². The molecule has 1 aliphatic rings. The SMILES string of the molecule is COC(=O)c1ccc(N(C)CC2CCCN2)c([N+](=O)[O-])c1. The summed E-state index contributed by atoms with van der Waals surface area (Å²) in [4.78, 5) is 24.1. The maximum absolute atomic E-state index is 11.5. The molecule has 7 nitrogen and oxygen atoms in total. The highest BCUT2D eigenvalue weighted by Gasteiger charge is 2.23. The van der Waals surface area contributed by atoms with Gasteiger partial charge in [0.1, 0.15) is 5.69 Å². The summed E-state index contributed by atoms with van der Waals surface area (Å²) >= 11 is 0. The molecule has 1 N–H and O–H groups in total. The molecule has 0 bridgehead atoms. The summed E-state index contributed by atoms with van der Waals surface area (Å²) in [6.07, 6.45) is 2.19. The number of anilines is 1. The molecular weight excluding hydrogens is 274 g/mol. The molecule has 0 saturated carbocycles. The average Bonchev–Trinajstić information content (AvgIpc) is 2.98. The van der Waals surface area contributed by atoms with Crippen LogP contribution in [0.1, 0.15) is 23.2 Å². The van der Waals surface area contributed by atoms with Crippen molar-refractivity contribution in [3.8, 4) is 0 Å². The Morgan fingerprint density at radius 3 is 2.90 bits per heavy atom. The van der Waals surface area contributed by atoms with E-state index in [-0.39, 0.29) is 11.3 Å². The maximum atomic E-state index is 11.5. The molecule has 1 fully saturated rings. The highest BCUT2D eigenvalue weighted by atomic mass is 16.6. The van der Waals surface area contributed by atoms with Gasteiger partial charge in [-0.3, -0.25) is 10.1 Å². The van der Waals surface area contributed by atoms with E-state index in [1.807, 2.05) is 11.9 Å². The van der Waals surface area contributed by atoms with E-state index in [2.05, 4.69) is 10.1 Å². The second-order valence-corrected chi connectivity index (χ2v) is 5.13. The topological polar surface area (TPSA) is 84.7 Å². The van der Waals surface area contributed by atoms with Crippen molar-refractivity contribution in [3.63, 3.8) is 0 Å². The van der Waals surface area contributed by atoms with Crippen LogP contribution in [0, 0.1) is 10.1 Å². The van der Waals surface area contributed by atoms with Gasteiger partial charge in [0, 0.05) is 25.7 Å². The number of carbonyl (C=O) groups is 1. The predicted molar refractivity (Wildman–Crippen MR) is 78.7 cm³/mol. The molecule has 1 unspecified atom stereocenters. The second-order valence-electron chi connectivity index (χ2n) is 5.13. The van der Waals surface area contributed by atoms with Crippen LogP contribution in [-0.2, 0) is 4.74 Å². The van der Waals surface area contributed by atoms with Crippen LogP contribution < -0.4 is 10.2 Å². The van der Waals surface area contributed by atoms with Gasteiger partial charge in [0.15, 0.2) is 0 Å². The number of rotatable bonds is 5. The van der Waals surface area contributed by atoms with Crippen molar-refractivity contribution < 1.29 is 14.5 Å². The Kier molecular flexibility index (Phi) is 4.74. The Bertz CT molecular complexity index is 541. The summed E-state index contributed by atoms with van der Waals surface area (Å²) in [6, 6.07) is 4.75. The molecule has 21 heavy (non-hydrogen) atoms. The van der Waals surface area contributed by atoms with Crippen LogP contribution in [0.5, 0.6) is 0 Å². The van der Waals surface area contributed by atoms with Crippen LogP contribution >= 0.6 is 0 Å². The molecule has 0 radical (unpaired) electrons. The number of carbonyl (C=O) groups excluding carboxylic acids is 1. The lowest BCUT2D eigenvalue weighted by molar-refractivity contribution is -0.384. The van der Waals surface area contributed by atoms with Gasteiger partial charge in [0.25, 0.3) is 5.69 Å². The van der Waals surface area contributed by atoms with Gasteiger partial charge in [-0.25, -0.2) is 4.79 Å². The van der Waals surface area contributed by atoms with Crippen molar-refractivity contribution in [1.82, 2.24) is 5.32 Å². The van der Waals surface area contributed by atoms with Gasteiger partial charge in [0.05, 0.1) is 17.6 Å². The van der Waals surface area contributed by atoms with Gasteiger partial charge in [-0.05, 0) is 31.5 Å². The minimum atomic E-state index is -0.579. The van der Waals surface area contributed by atoms with Gasteiger partial charge < -0.3 is 15.0 Å². The first-order valence-electron chi connectivity index (χ1n) is 6.84. The normalized spacial score (nSPS) is 17.5. The molecule has 0 aliphatic carbocycles. The Balaban J connectivity index is 2.24. The monoisotopic (exact) mass is 293 g/mol. The lowest BCUT2D eigenvalue weighted by Gasteiger charge is -2.23. The molecule has 1 heterocycles. The van der Waals surface area contributed by atoms with Gasteiger partial charge in [0.2, 0.25) is 0 Å². The minimum absolute atomic E-state index is 0.0848. The van der Waals surface area contributed by atoms with Gasteiger partial charge in [-0.1, -0.05) is 0 Å². The highest BCUT2D eigenvalue weighted by molar-refractivity contribution is 5.91. The smallest absolute Gasteiger partial charge is 0.338 e. The van der Waals surface area contributed by atoms with E-state index in [4.69, 9.17) is 0 Å². The Morgan fingerprint density at radius 1 is 1.57 bits per heavy atom. The summed E-state index contributed by atoms with van der Waals surface area (Å²) in [5, 5.41) is 14.6. The van der Waals surface area contributed by atoms with Gasteiger partial charge in [-0.15, -0.1) is 0 Å². The minimum Gasteiger partial charge on any atom is -0.465 e. The Labute approximate surface area is 123 Å². The Morgan fingerprint density at radius 2 is 2.33 bits per heavy atom. The van der Waals surface area contributed by atoms with E-state index in [1.54, 1.807) is 12.1 Å². The van der Waals surface area contributed by atoms with Crippen LogP contribution in [-0.4, -0.2) is 44.2 Å². The summed E-state index contributed by atoms with van der Waals surface area (Å²) in [6.45, 7) is 1.68. The average molecular weight is 293 g/mol. The van der Waals surface area contributed by atoms with Crippen LogP contribution in [0.3, 0.4) is 0 Å². The molecule has 7 heteroatoms. The van der Waals surface area contributed by atoms with Crippen LogP contribution in [0.25, 0.3) is 0 Å². The first-order valence-corrected chi connectivity index (χ1v) is 6.84. The van der Waals surface area contributed by atoms with Crippen molar-refractivity contribution >= 4 is 17.3 Å². The van der Waals surface area contributed by atoms with Crippen LogP contribution in [0.4, 0.5) is 11.4 Å². The van der Waals surface area contributed by atoms with E-state index < -0.39 is 10.9 Å².